The van der Waals surface area contributed by atoms with E-state index < -0.39 is 10.9 Å². The molecule has 0 bridgehead atoms. The number of nitrogens with zero attached hydrogens (tertiary/aromatic N) is 2. The molecule has 0 aliphatic rings. The number of carbonyl (C=O) groups is 1. The van der Waals surface area contributed by atoms with Crippen LogP contribution in [0.15, 0.2) is 54.2 Å². The van der Waals surface area contributed by atoms with E-state index in [4.69, 9.17) is 14.2 Å². The van der Waals surface area contributed by atoms with Crippen molar-refractivity contribution in [1.82, 2.24) is 0 Å². The summed E-state index contributed by atoms with van der Waals surface area (Å²) >= 11 is 0. The molecule has 2 rings (SSSR count). The van der Waals surface area contributed by atoms with E-state index in [9.17, 15) is 20.2 Å². The zero-order valence-corrected chi connectivity index (χ0v) is 16.5. The van der Waals surface area contributed by atoms with Crippen LogP contribution in [0.3, 0.4) is 0 Å². The first kappa shape index (κ1) is 22.2. The number of hydrogen-bond acceptors (Lipinski definition) is 7. The average molecular weight is 408 g/mol. The molecule has 30 heavy (non-hydrogen) atoms. The summed E-state index contributed by atoms with van der Waals surface area (Å²) in [6.45, 7) is 2.61. The second kappa shape index (κ2) is 11.0. The molecular formula is C22H20N2O6. The molecule has 2 aromatic rings. The van der Waals surface area contributed by atoms with Gasteiger partial charge in [-0.05, 0) is 47.9 Å². The summed E-state index contributed by atoms with van der Waals surface area (Å²) < 4.78 is 16.0. The number of esters is 1. The summed E-state index contributed by atoms with van der Waals surface area (Å²) in [5.41, 5.74) is 0.931. The molecule has 8 nitrogen and oxygen atoms in total. The number of carbonyl (C=O) groups excluding carboxylic acids is 1. The Morgan fingerprint density at radius 2 is 1.87 bits per heavy atom. The van der Waals surface area contributed by atoms with Crippen LogP contribution in [-0.2, 0) is 4.79 Å². The fourth-order valence-electron chi connectivity index (χ4n) is 2.36. The molecule has 2 aromatic carbocycles. The third kappa shape index (κ3) is 6.49. The van der Waals surface area contributed by atoms with E-state index in [0.717, 1.165) is 12.6 Å². The lowest BCUT2D eigenvalue weighted by molar-refractivity contribution is -0.400. The third-order valence-electron chi connectivity index (χ3n) is 3.78. The van der Waals surface area contributed by atoms with Crippen LogP contribution in [0.4, 0.5) is 0 Å². The Labute approximate surface area is 173 Å². The molecule has 0 aliphatic carbocycles. The maximum atomic E-state index is 12.4. The van der Waals surface area contributed by atoms with Gasteiger partial charge in [-0.1, -0.05) is 25.1 Å². The van der Waals surface area contributed by atoms with E-state index in [1.165, 1.54) is 37.5 Å². The molecule has 8 heteroatoms. The molecule has 0 radical (unpaired) electrons. The van der Waals surface area contributed by atoms with Crippen LogP contribution < -0.4 is 14.2 Å². The number of ether oxygens (including phenoxy) is 3. The summed E-state index contributed by atoms with van der Waals surface area (Å²) in [7, 11) is 1.37. The molecule has 0 amide bonds. The summed E-state index contributed by atoms with van der Waals surface area (Å²) in [6.07, 6.45) is 4.37. The van der Waals surface area contributed by atoms with Gasteiger partial charge in [-0.3, -0.25) is 10.1 Å². The van der Waals surface area contributed by atoms with Gasteiger partial charge in [0.25, 0.3) is 0 Å². The SMILES string of the molecule is CCCOc1ccc(C=C(C#N)C(=O)Oc2ccc(C=C[N+](=O)[O-])cc2OC)cc1. The molecule has 0 saturated carbocycles. The topological polar surface area (TPSA) is 112 Å². The number of methoxy groups -OCH3 is 1. The number of nitro groups is 1. The zero-order chi connectivity index (χ0) is 21.9. The monoisotopic (exact) mass is 408 g/mol. The average Bonchev–Trinajstić information content (AvgIpc) is 2.75. The lowest BCUT2D eigenvalue weighted by Gasteiger charge is -2.09. The number of rotatable bonds is 9. The van der Waals surface area contributed by atoms with Crippen molar-refractivity contribution < 1.29 is 23.9 Å². The Hall–Kier alpha value is -4.12. The highest BCUT2D eigenvalue weighted by Crippen LogP contribution is 2.29. The highest BCUT2D eigenvalue weighted by molar-refractivity contribution is 5.99. The van der Waals surface area contributed by atoms with Gasteiger partial charge in [-0.2, -0.15) is 5.26 Å². The van der Waals surface area contributed by atoms with E-state index in [0.29, 0.717) is 23.5 Å². The Balaban J connectivity index is 2.17. The predicted molar refractivity (Wildman–Crippen MR) is 110 cm³/mol. The van der Waals surface area contributed by atoms with Crippen molar-refractivity contribution in [2.45, 2.75) is 13.3 Å². The largest absolute Gasteiger partial charge is 0.494 e. The molecule has 0 aliphatic heterocycles. The van der Waals surface area contributed by atoms with E-state index >= 15 is 0 Å². The lowest BCUT2D eigenvalue weighted by atomic mass is 10.1. The van der Waals surface area contributed by atoms with Crippen LogP contribution in [0, 0.1) is 21.4 Å². The maximum absolute atomic E-state index is 12.4. The summed E-state index contributed by atoms with van der Waals surface area (Å²) in [5.74, 6) is 0.135. The van der Waals surface area contributed by atoms with Crippen molar-refractivity contribution in [3.8, 4) is 23.3 Å². The van der Waals surface area contributed by atoms with Gasteiger partial charge in [0, 0.05) is 6.08 Å². The second-order valence-corrected chi connectivity index (χ2v) is 5.99. The first-order chi connectivity index (χ1) is 14.5. The second-order valence-electron chi connectivity index (χ2n) is 5.99. The van der Waals surface area contributed by atoms with Crippen molar-refractivity contribution in [2.75, 3.05) is 13.7 Å². The number of hydrogen-bond donors (Lipinski definition) is 0. The molecule has 0 unspecified atom stereocenters. The normalized spacial score (nSPS) is 11.0. The predicted octanol–water partition coefficient (Wildman–Crippen LogP) is 4.24. The molecular weight excluding hydrogens is 388 g/mol. The maximum Gasteiger partial charge on any atom is 0.354 e. The first-order valence-electron chi connectivity index (χ1n) is 9.03. The molecule has 0 N–H and O–H groups in total. The highest BCUT2D eigenvalue weighted by Gasteiger charge is 2.15. The molecule has 0 heterocycles. The fourth-order valence-corrected chi connectivity index (χ4v) is 2.36. The van der Waals surface area contributed by atoms with Gasteiger partial charge in [0.2, 0.25) is 6.20 Å². The fraction of sp³-hybridized carbons (Fsp3) is 0.182. The van der Waals surface area contributed by atoms with Crippen LogP contribution in [0.25, 0.3) is 12.2 Å². The van der Waals surface area contributed by atoms with Gasteiger partial charge in [0.15, 0.2) is 11.5 Å². The Morgan fingerprint density at radius 1 is 1.17 bits per heavy atom. The summed E-state index contributed by atoms with van der Waals surface area (Å²) in [4.78, 5) is 22.3. The van der Waals surface area contributed by atoms with Gasteiger partial charge >= 0.3 is 5.97 Å². The van der Waals surface area contributed by atoms with Gasteiger partial charge in [0.1, 0.15) is 17.4 Å². The van der Waals surface area contributed by atoms with Gasteiger partial charge in [0.05, 0.1) is 18.6 Å². The third-order valence-corrected chi connectivity index (χ3v) is 3.78. The quantitative estimate of drug-likeness (QED) is 0.152. The minimum absolute atomic E-state index is 0.0882. The summed E-state index contributed by atoms with van der Waals surface area (Å²) in [5, 5.41) is 19.8. The molecule has 0 atom stereocenters. The van der Waals surface area contributed by atoms with Crippen molar-refractivity contribution >= 4 is 18.1 Å². The van der Waals surface area contributed by atoms with E-state index in [-0.39, 0.29) is 17.1 Å². The zero-order valence-electron chi connectivity index (χ0n) is 16.5. The molecule has 0 fully saturated rings. The highest BCUT2D eigenvalue weighted by atomic mass is 16.6. The minimum atomic E-state index is -0.851. The van der Waals surface area contributed by atoms with Crippen molar-refractivity contribution in [1.29, 1.82) is 5.26 Å². The van der Waals surface area contributed by atoms with Crippen LogP contribution in [0.1, 0.15) is 24.5 Å². The number of benzene rings is 2. The molecule has 0 aromatic heterocycles. The number of nitriles is 1. The van der Waals surface area contributed by atoms with Gasteiger partial charge in [-0.15, -0.1) is 0 Å². The molecule has 154 valence electrons. The van der Waals surface area contributed by atoms with Crippen molar-refractivity contribution in [3.63, 3.8) is 0 Å². The van der Waals surface area contributed by atoms with E-state index in [1.54, 1.807) is 24.3 Å². The van der Waals surface area contributed by atoms with Gasteiger partial charge in [-0.25, -0.2) is 4.79 Å². The Bertz CT molecular complexity index is 1000. The van der Waals surface area contributed by atoms with Crippen molar-refractivity contribution in [3.05, 3.63) is 75.5 Å². The van der Waals surface area contributed by atoms with Gasteiger partial charge < -0.3 is 14.2 Å². The Morgan fingerprint density at radius 3 is 2.47 bits per heavy atom. The van der Waals surface area contributed by atoms with E-state index in [2.05, 4.69) is 0 Å². The standard InChI is InChI=1S/C22H20N2O6/c1-3-12-29-19-7-4-16(5-8-19)13-18(15-23)22(25)30-20-9-6-17(10-11-24(26)27)14-21(20)28-2/h4-11,13-14H,3,12H2,1-2H3. The Kier molecular flexibility index (Phi) is 8.15. The first-order valence-corrected chi connectivity index (χ1v) is 9.03. The minimum Gasteiger partial charge on any atom is -0.494 e. The van der Waals surface area contributed by atoms with E-state index in [1.807, 2.05) is 13.0 Å². The van der Waals surface area contributed by atoms with Crippen LogP contribution in [-0.4, -0.2) is 24.6 Å². The molecule has 0 saturated heterocycles. The van der Waals surface area contributed by atoms with Crippen LogP contribution in [0.5, 0.6) is 17.2 Å². The van der Waals surface area contributed by atoms with Crippen molar-refractivity contribution in [2.24, 2.45) is 0 Å². The molecule has 0 spiro atoms. The van der Waals surface area contributed by atoms with Crippen LogP contribution >= 0.6 is 0 Å². The lowest BCUT2D eigenvalue weighted by Crippen LogP contribution is -2.11. The smallest absolute Gasteiger partial charge is 0.354 e. The van der Waals surface area contributed by atoms with Crippen LogP contribution in [0.2, 0.25) is 0 Å². The summed E-state index contributed by atoms with van der Waals surface area (Å²) in [6, 6.07) is 13.2.